The van der Waals surface area contributed by atoms with Gasteiger partial charge in [-0.25, -0.2) is 8.42 Å². The highest BCUT2D eigenvalue weighted by Crippen LogP contribution is 2.28. The number of carbonyl (C=O) groups is 2. The Balaban J connectivity index is 1.98. The van der Waals surface area contributed by atoms with Crippen molar-refractivity contribution in [3.8, 4) is 0 Å². The van der Waals surface area contributed by atoms with Gasteiger partial charge in [-0.15, -0.1) is 0 Å². The lowest BCUT2D eigenvalue weighted by molar-refractivity contribution is -0.114. The number of Topliss-reactive ketones (excluding diaryl/α,β-unsaturated/α-hetero) is 1. The van der Waals surface area contributed by atoms with E-state index in [0.29, 0.717) is 16.9 Å². The molecule has 0 radical (unpaired) electrons. The van der Waals surface area contributed by atoms with Crippen molar-refractivity contribution in [1.29, 1.82) is 0 Å². The summed E-state index contributed by atoms with van der Waals surface area (Å²) < 4.78 is 28.2. The molecule has 0 aliphatic carbocycles. The van der Waals surface area contributed by atoms with Crippen LogP contribution in [0, 0.1) is 20.8 Å². The summed E-state index contributed by atoms with van der Waals surface area (Å²) in [6.07, 6.45) is 0. The Morgan fingerprint density at radius 3 is 2.19 bits per heavy atom. The second-order valence-corrected chi connectivity index (χ2v) is 9.66. The number of amides is 1. The van der Waals surface area contributed by atoms with Gasteiger partial charge in [0.25, 0.3) is 10.0 Å². The van der Waals surface area contributed by atoms with Crippen molar-refractivity contribution in [2.75, 3.05) is 16.2 Å². The largest absolute Gasteiger partial charge is 0.324 e. The number of aryl methyl sites for hydroxylation is 3. The average molecular weight is 451 g/mol. The van der Waals surface area contributed by atoms with Gasteiger partial charge in [0.05, 0.1) is 10.6 Å². The Bertz CT molecular complexity index is 1270. The van der Waals surface area contributed by atoms with Gasteiger partial charge in [-0.05, 0) is 69.2 Å². The third kappa shape index (κ3) is 5.23. The predicted molar refractivity (Wildman–Crippen MR) is 127 cm³/mol. The zero-order valence-corrected chi connectivity index (χ0v) is 19.4. The van der Waals surface area contributed by atoms with E-state index in [0.717, 1.165) is 21.0 Å². The number of hydrogen-bond donors (Lipinski definition) is 1. The first-order valence-corrected chi connectivity index (χ1v) is 11.6. The van der Waals surface area contributed by atoms with Gasteiger partial charge >= 0.3 is 0 Å². The zero-order valence-electron chi connectivity index (χ0n) is 18.5. The van der Waals surface area contributed by atoms with Gasteiger partial charge in [0, 0.05) is 11.3 Å². The number of rotatable bonds is 7. The molecule has 0 atom stereocenters. The Morgan fingerprint density at radius 2 is 1.53 bits per heavy atom. The molecule has 0 aliphatic heterocycles. The molecule has 0 fully saturated rings. The number of nitrogens with one attached hydrogen (secondary N) is 1. The summed E-state index contributed by atoms with van der Waals surface area (Å²) in [5, 5.41) is 2.71. The highest BCUT2D eigenvalue weighted by atomic mass is 32.2. The number of carbonyl (C=O) groups excluding carboxylic acids is 2. The van der Waals surface area contributed by atoms with Crippen molar-refractivity contribution in [3.63, 3.8) is 0 Å². The maximum Gasteiger partial charge on any atom is 0.264 e. The van der Waals surface area contributed by atoms with E-state index in [2.05, 4.69) is 5.32 Å². The average Bonchev–Trinajstić information content (AvgIpc) is 2.74. The molecular formula is C25H26N2O4S. The summed E-state index contributed by atoms with van der Waals surface area (Å²) in [6, 6.07) is 18.5. The lowest BCUT2D eigenvalue weighted by atomic mass is 10.1. The molecule has 1 amide bonds. The molecule has 0 saturated carbocycles. The lowest BCUT2D eigenvalue weighted by Crippen LogP contribution is -2.38. The van der Waals surface area contributed by atoms with Crippen molar-refractivity contribution in [2.24, 2.45) is 0 Å². The molecule has 0 spiro atoms. The molecular weight excluding hydrogens is 424 g/mol. The minimum atomic E-state index is -4.00. The van der Waals surface area contributed by atoms with E-state index in [1.165, 1.54) is 19.1 Å². The van der Waals surface area contributed by atoms with Crippen LogP contribution < -0.4 is 9.62 Å². The fraction of sp³-hybridized carbons (Fsp3) is 0.200. The standard InChI is InChI=1S/C25H26N2O4S/c1-17-9-12-23(13-10-17)32(30,31)27(24-14-18(2)8-11-19(24)3)16-25(29)26-22-7-5-6-21(15-22)20(4)28/h5-15H,16H2,1-4H3,(H,26,29). The number of ketones is 1. The maximum atomic E-state index is 13.5. The van der Waals surface area contributed by atoms with E-state index < -0.39 is 22.5 Å². The van der Waals surface area contributed by atoms with E-state index in [1.54, 1.807) is 49.4 Å². The van der Waals surface area contributed by atoms with Gasteiger partial charge in [-0.2, -0.15) is 0 Å². The van der Waals surface area contributed by atoms with Crippen LogP contribution in [0.5, 0.6) is 0 Å². The first kappa shape index (κ1) is 23.2. The van der Waals surface area contributed by atoms with Crippen LogP contribution >= 0.6 is 0 Å². The van der Waals surface area contributed by atoms with Gasteiger partial charge in [0.2, 0.25) is 5.91 Å². The summed E-state index contributed by atoms with van der Waals surface area (Å²) in [5.74, 6) is -0.637. The Hall–Kier alpha value is -3.45. The van der Waals surface area contributed by atoms with E-state index in [1.807, 2.05) is 26.0 Å². The van der Waals surface area contributed by atoms with Crippen LogP contribution in [0.25, 0.3) is 0 Å². The third-order valence-corrected chi connectivity index (χ3v) is 6.86. The molecule has 0 saturated heterocycles. The molecule has 1 N–H and O–H groups in total. The van der Waals surface area contributed by atoms with Gasteiger partial charge in [0.15, 0.2) is 5.78 Å². The molecule has 166 valence electrons. The quantitative estimate of drug-likeness (QED) is 0.531. The van der Waals surface area contributed by atoms with E-state index in [4.69, 9.17) is 0 Å². The molecule has 0 bridgehead atoms. The number of nitrogens with zero attached hydrogens (tertiary/aromatic N) is 1. The van der Waals surface area contributed by atoms with Crippen molar-refractivity contribution < 1.29 is 18.0 Å². The van der Waals surface area contributed by atoms with Crippen LogP contribution in [0.3, 0.4) is 0 Å². The lowest BCUT2D eigenvalue weighted by Gasteiger charge is -2.26. The van der Waals surface area contributed by atoms with E-state index >= 15 is 0 Å². The molecule has 3 aromatic carbocycles. The fourth-order valence-electron chi connectivity index (χ4n) is 3.27. The second kappa shape index (κ2) is 9.36. The summed E-state index contributed by atoms with van der Waals surface area (Å²) in [5.41, 5.74) is 3.88. The SMILES string of the molecule is CC(=O)c1cccc(NC(=O)CN(c2cc(C)ccc2C)S(=O)(=O)c2ccc(C)cc2)c1. The molecule has 0 unspecified atom stereocenters. The summed E-state index contributed by atoms with van der Waals surface area (Å²) in [4.78, 5) is 24.6. The van der Waals surface area contributed by atoms with Crippen molar-refractivity contribution in [1.82, 2.24) is 0 Å². The molecule has 0 aromatic heterocycles. The van der Waals surface area contributed by atoms with E-state index in [9.17, 15) is 18.0 Å². The number of benzene rings is 3. The first-order valence-electron chi connectivity index (χ1n) is 10.2. The molecule has 6 nitrogen and oxygen atoms in total. The van der Waals surface area contributed by atoms with Gasteiger partial charge in [-0.3, -0.25) is 13.9 Å². The van der Waals surface area contributed by atoms with Gasteiger partial charge in [0.1, 0.15) is 6.54 Å². The summed E-state index contributed by atoms with van der Waals surface area (Å²) in [7, 11) is -4.00. The van der Waals surface area contributed by atoms with Crippen LogP contribution in [-0.2, 0) is 14.8 Å². The molecule has 3 rings (SSSR count). The van der Waals surface area contributed by atoms with Crippen LogP contribution in [0.4, 0.5) is 11.4 Å². The van der Waals surface area contributed by atoms with Crippen LogP contribution in [0.15, 0.2) is 71.6 Å². The Labute approximate surface area is 188 Å². The Kier molecular flexibility index (Phi) is 6.79. The maximum absolute atomic E-state index is 13.5. The second-order valence-electron chi connectivity index (χ2n) is 7.80. The van der Waals surface area contributed by atoms with Gasteiger partial charge < -0.3 is 5.32 Å². The van der Waals surface area contributed by atoms with Crippen molar-refractivity contribution in [2.45, 2.75) is 32.6 Å². The normalized spacial score (nSPS) is 11.1. The zero-order chi connectivity index (χ0) is 23.5. The van der Waals surface area contributed by atoms with Crippen LogP contribution in [0.1, 0.15) is 34.0 Å². The fourth-order valence-corrected chi connectivity index (χ4v) is 4.75. The molecule has 3 aromatic rings. The molecule has 32 heavy (non-hydrogen) atoms. The summed E-state index contributed by atoms with van der Waals surface area (Å²) in [6.45, 7) is 6.58. The van der Waals surface area contributed by atoms with Crippen LogP contribution in [0.2, 0.25) is 0 Å². The highest BCUT2D eigenvalue weighted by molar-refractivity contribution is 7.92. The number of sulfonamides is 1. The van der Waals surface area contributed by atoms with Gasteiger partial charge in [-0.1, -0.05) is 42.0 Å². The third-order valence-electron chi connectivity index (χ3n) is 5.08. The van der Waals surface area contributed by atoms with E-state index in [-0.39, 0.29) is 10.7 Å². The topological polar surface area (TPSA) is 83.6 Å². The van der Waals surface area contributed by atoms with Crippen LogP contribution in [-0.4, -0.2) is 26.7 Å². The van der Waals surface area contributed by atoms with Crippen molar-refractivity contribution in [3.05, 3.63) is 89.0 Å². The van der Waals surface area contributed by atoms with Crippen molar-refractivity contribution >= 4 is 33.1 Å². The first-order chi connectivity index (χ1) is 15.1. The minimum absolute atomic E-state index is 0.107. The number of anilines is 2. The smallest absolute Gasteiger partial charge is 0.264 e. The number of hydrogen-bond acceptors (Lipinski definition) is 4. The predicted octanol–water partition coefficient (Wildman–Crippen LogP) is 4.65. The molecule has 0 aliphatic rings. The molecule has 7 heteroatoms. The monoisotopic (exact) mass is 450 g/mol. The summed E-state index contributed by atoms with van der Waals surface area (Å²) >= 11 is 0. The highest BCUT2D eigenvalue weighted by Gasteiger charge is 2.28. The minimum Gasteiger partial charge on any atom is -0.324 e. The Morgan fingerprint density at radius 1 is 0.875 bits per heavy atom. The molecule has 0 heterocycles.